The van der Waals surface area contributed by atoms with E-state index in [4.69, 9.17) is 0 Å². The van der Waals surface area contributed by atoms with Crippen LogP contribution in [0.25, 0.3) is 0 Å². The van der Waals surface area contributed by atoms with Gasteiger partial charge in [0.15, 0.2) is 0 Å². The molecule has 6 heteroatoms. The molecule has 2 amide bonds. The normalized spacial score (nSPS) is 14.8. The van der Waals surface area contributed by atoms with E-state index >= 15 is 0 Å². The van der Waals surface area contributed by atoms with Crippen LogP contribution in [0.3, 0.4) is 0 Å². The summed E-state index contributed by atoms with van der Waals surface area (Å²) >= 11 is 0. The van der Waals surface area contributed by atoms with Gasteiger partial charge < -0.3 is 15.5 Å². The Kier molecular flexibility index (Phi) is 6.29. The van der Waals surface area contributed by atoms with E-state index in [1.165, 1.54) is 31.0 Å². The highest BCUT2D eigenvalue weighted by atomic mass is 19.1. The lowest BCUT2D eigenvalue weighted by Crippen LogP contribution is -2.47. The van der Waals surface area contributed by atoms with Crippen LogP contribution in [0.5, 0.6) is 0 Å². The first-order valence-corrected chi connectivity index (χ1v) is 9.67. The molecule has 0 saturated carbocycles. The highest BCUT2D eigenvalue weighted by Crippen LogP contribution is 2.23. The molecule has 0 spiro atoms. The lowest BCUT2D eigenvalue weighted by Gasteiger charge is -2.23. The highest BCUT2D eigenvalue weighted by Gasteiger charge is 2.26. The molecule has 1 aliphatic rings. The molecule has 3 rings (SSSR count). The van der Waals surface area contributed by atoms with E-state index < -0.39 is 17.8 Å². The van der Waals surface area contributed by atoms with Crippen molar-refractivity contribution >= 4 is 23.2 Å². The quantitative estimate of drug-likeness (QED) is 0.797. The van der Waals surface area contributed by atoms with Crippen molar-refractivity contribution < 1.29 is 14.0 Å². The number of carbonyl (C=O) groups is 2. The average molecular weight is 383 g/mol. The molecule has 0 radical (unpaired) electrons. The number of hydrogen-bond donors (Lipinski definition) is 2. The Bertz CT molecular complexity index is 847. The molecule has 1 atom stereocenters. The van der Waals surface area contributed by atoms with Crippen molar-refractivity contribution in [3.63, 3.8) is 0 Å². The zero-order valence-corrected chi connectivity index (χ0v) is 16.2. The van der Waals surface area contributed by atoms with E-state index in [-0.39, 0.29) is 17.4 Å². The molecule has 1 aliphatic heterocycles. The predicted molar refractivity (Wildman–Crippen MR) is 109 cm³/mol. The molecular weight excluding hydrogens is 357 g/mol. The fourth-order valence-electron chi connectivity index (χ4n) is 3.38. The van der Waals surface area contributed by atoms with Gasteiger partial charge in [0.05, 0.1) is 5.56 Å². The van der Waals surface area contributed by atoms with Gasteiger partial charge in [0.1, 0.15) is 11.9 Å². The van der Waals surface area contributed by atoms with Crippen LogP contribution in [0.15, 0.2) is 48.5 Å². The number of benzene rings is 2. The highest BCUT2D eigenvalue weighted by molar-refractivity contribution is 6.01. The van der Waals surface area contributed by atoms with E-state index in [0.717, 1.165) is 18.8 Å². The summed E-state index contributed by atoms with van der Waals surface area (Å²) in [5.41, 5.74) is 1.68. The van der Waals surface area contributed by atoms with Gasteiger partial charge in [-0.15, -0.1) is 0 Å². The zero-order chi connectivity index (χ0) is 20.1. The first kappa shape index (κ1) is 19.9. The van der Waals surface area contributed by atoms with Crippen molar-refractivity contribution in [1.82, 2.24) is 5.32 Å². The number of amides is 2. The van der Waals surface area contributed by atoms with E-state index in [2.05, 4.69) is 15.5 Å². The molecule has 1 saturated heterocycles. The monoisotopic (exact) mass is 383 g/mol. The number of rotatable bonds is 6. The second-order valence-corrected chi connectivity index (χ2v) is 7.41. The van der Waals surface area contributed by atoms with E-state index in [1.54, 1.807) is 6.07 Å². The zero-order valence-electron chi connectivity index (χ0n) is 16.2. The van der Waals surface area contributed by atoms with Crippen LogP contribution in [-0.2, 0) is 4.79 Å². The fraction of sp³-hybridized carbons (Fsp3) is 0.364. The average Bonchev–Trinajstić information content (AvgIpc) is 3.21. The van der Waals surface area contributed by atoms with Crippen molar-refractivity contribution in [3.05, 3.63) is 59.9 Å². The van der Waals surface area contributed by atoms with Crippen molar-refractivity contribution in [1.29, 1.82) is 0 Å². The van der Waals surface area contributed by atoms with Gasteiger partial charge in [-0.3, -0.25) is 9.59 Å². The van der Waals surface area contributed by atoms with Crippen molar-refractivity contribution in [2.75, 3.05) is 23.3 Å². The molecule has 2 aromatic carbocycles. The van der Waals surface area contributed by atoms with E-state index in [9.17, 15) is 14.0 Å². The van der Waals surface area contributed by atoms with E-state index in [1.807, 2.05) is 38.1 Å². The van der Waals surface area contributed by atoms with Gasteiger partial charge >= 0.3 is 0 Å². The smallest absolute Gasteiger partial charge is 0.254 e. The predicted octanol–water partition coefficient (Wildman–Crippen LogP) is 3.82. The van der Waals surface area contributed by atoms with Crippen LogP contribution in [-0.4, -0.2) is 30.9 Å². The van der Waals surface area contributed by atoms with Crippen LogP contribution in [0.2, 0.25) is 0 Å². The Hall–Kier alpha value is -2.89. The molecule has 1 fully saturated rings. The Morgan fingerprint density at radius 3 is 2.43 bits per heavy atom. The lowest BCUT2D eigenvalue weighted by molar-refractivity contribution is -0.118. The first-order chi connectivity index (χ1) is 13.5. The van der Waals surface area contributed by atoms with Gasteiger partial charge in [-0.2, -0.15) is 0 Å². The number of nitrogens with zero attached hydrogens (tertiary/aromatic N) is 1. The maximum atomic E-state index is 13.9. The second-order valence-electron chi connectivity index (χ2n) is 7.41. The molecule has 1 heterocycles. The summed E-state index contributed by atoms with van der Waals surface area (Å²) in [7, 11) is 0. The van der Waals surface area contributed by atoms with Gasteiger partial charge in [0.2, 0.25) is 5.91 Å². The van der Waals surface area contributed by atoms with Gasteiger partial charge in [0, 0.05) is 24.5 Å². The maximum absolute atomic E-state index is 13.9. The van der Waals surface area contributed by atoms with Gasteiger partial charge in [-0.05, 0) is 49.1 Å². The first-order valence-electron chi connectivity index (χ1n) is 9.67. The van der Waals surface area contributed by atoms with Crippen LogP contribution >= 0.6 is 0 Å². The van der Waals surface area contributed by atoms with Gasteiger partial charge in [-0.1, -0.05) is 32.0 Å². The minimum atomic E-state index is -0.775. The van der Waals surface area contributed by atoms with Gasteiger partial charge in [0.25, 0.3) is 5.91 Å². The third kappa shape index (κ3) is 4.68. The lowest BCUT2D eigenvalue weighted by atomic mass is 10.0. The van der Waals surface area contributed by atoms with Crippen molar-refractivity contribution in [2.24, 2.45) is 5.92 Å². The maximum Gasteiger partial charge on any atom is 0.254 e. The molecular formula is C22H26FN3O2. The molecule has 1 unspecified atom stereocenters. The van der Waals surface area contributed by atoms with Gasteiger partial charge in [-0.25, -0.2) is 4.39 Å². The summed E-state index contributed by atoms with van der Waals surface area (Å²) < 4.78 is 13.9. The SMILES string of the molecule is CC(C)C(NC(=O)c1ccccc1F)C(=O)Nc1cccc(N2CCCC2)c1. The third-order valence-corrected chi connectivity index (χ3v) is 4.94. The Morgan fingerprint density at radius 2 is 1.75 bits per heavy atom. The molecule has 148 valence electrons. The topological polar surface area (TPSA) is 61.4 Å². The summed E-state index contributed by atoms with van der Waals surface area (Å²) in [5.74, 6) is -1.69. The molecule has 28 heavy (non-hydrogen) atoms. The number of anilines is 2. The number of halogens is 1. The number of carbonyl (C=O) groups excluding carboxylic acids is 2. The van der Waals surface area contributed by atoms with Crippen LogP contribution in [0.4, 0.5) is 15.8 Å². The second kappa shape index (κ2) is 8.87. The largest absolute Gasteiger partial charge is 0.371 e. The Morgan fingerprint density at radius 1 is 1.04 bits per heavy atom. The summed E-state index contributed by atoms with van der Waals surface area (Å²) in [5, 5.41) is 5.55. The number of nitrogens with one attached hydrogen (secondary N) is 2. The molecule has 5 nitrogen and oxygen atoms in total. The summed E-state index contributed by atoms with van der Waals surface area (Å²) in [4.78, 5) is 27.5. The minimum Gasteiger partial charge on any atom is -0.371 e. The standard InChI is InChI=1S/C22H26FN3O2/c1-15(2)20(25-21(27)18-10-3-4-11-19(18)23)22(28)24-16-8-7-9-17(14-16)26-12-5-6-13-26/h3-4,7-11,14-15,20H,5-6,12-13H2,1-2H3,(H,24,28)(H,25,27). The van der Waals surface area contributed by atoms with E-state index in [0.29, 0.717) is 5.69 Å². The van der Waals surface area contributed by atoms with Crippen LogP contribution in [0, 0.1) is 11.7 Å². The summed E-state index contributed by atoms with van der Waals surface area (Å²) in [6.45, 7) is 5.72. The number of hydrogen-bond acceptors (Lipinski definition) is 3. The minimum absolute atomic E-state index is 0.0722. The summed E-state index contributed by atoms with van der Waals surface area (Å²) in [6, 6.07) is 12.7. The molecule has 0 aliphatic carbocycles. The Labute approximate surface area is 164 Å². The van der Waals surface area contributed by atoms with Crippen molar-refractivity contribution in [2.45, 2.75) is 32.7 Å². The summed E-state index contributed by atoms with van der Waals surface area (Å²) in [6.07, 6.45) is 2.35. The molecule has 2 N–H and O–H groups in total. The molecule has 0 bridgehead atoms. The molecule has 0 aromatic heterocycles. The molecule has 2 aromatic rings. The third-order valence-electron chi connectivity index (χ3n) is 4.94. The van der Waals surface area contributed by atoms with Crippen LogP contribution < -0.4 is 15.5 Å². The van der Waals surface area contributed by atoms with Crippen molar-refractivity contribution in [3.8, 4) is 0 Å². The van der Waals surface area contributed by atoms with Crippen LogP contribution in [0.1, 0.15) is 37.0 Å². The fourth-order valence-corrected chi connectivity index (χ4v) is 3.38. The Balaban J connectivity index is 1.70.